The fraction of sp³-hybridized carbons (Fsp3) is 0.125. The number of ether oxygens (including phenoxy) is 1. The van der Waals surface area contributed by atoms with Crippen LogP contribution in [0.1, 0.15) is 16.1 Å². The number of methoxy groups -OCH3 is 1. The number of hydrogen-bond acceptors (Lipinski definition) is 7. The molecule has 25 heavy (non-hydrogen) atoms. The van der Waals surface area contributed by atoms with Crippen LogP contribution in [0.5, 0.6) is 5.75 Å². The monoisotopic (exact) mass is 356 g/mol. The maximum atomic E-state index is 11.6. The normalized spacial score (nSPS) is 13.1. The summed E-state index contributed by atoms with van der Waals surface area (Å²) in [7, 11) is 1.55. The van der Waals surface area contributed by atoms with Crippen LogP contribution in [0.15, 0.2) is 29.4 Å². The van der Waals surface area contributed by atoms with Crippen molar-refractivity contribution in [3.63, 3.8) is 0 Å². The summed E-state index contributed by atoms with van der Waals surface area (Å²) in [4.78, 5) is 34.6. The Labute approximate surface area is 145 Å². The fourth-order valence-electron chi connectivity index (χ4n) is 2.70. The van der Waals surface area contributed by atoms with Crippen molar-refractivity contribution < 1.29 is 19.4 Å². The molecule has 0 atom stereocenters. The molecule has 0 saturated heterocycles. The van der Waals surface area contributed by atoms with Crippen molar-refractivity contribution in [2.75, 3.05) is 12.4 Å². The molecule has 4 rings (SSSR count). The summed E-state index contributed by atoms with van der Waals surface area (Å²) in [6.07, 6.45) is 1.72. The Morgan fingerprint density at radius 3 is 2.96 bits per heavy atom. The number of nitrogens with one attached hydrogen (secondary N) is 2. The predicted molar refractivity (Wildman–Crippen MR) is 91.7 cm³/mol. The summed E-state index contributed by atoms with van der Waals surface area (Å²) < 4.78 is 5.41. The van der Waals surface area contributed by atoms with Crippen LogP contribution >= 0.6 is 11.8 Å². The summed E-state index contributed by atoms with van der Waals surface area (Å²) >= 11 is 1.20. The second-order valence-corrected chi connectivity index (χ2v) is 6.51. The molecule has 0 spiro atoms. The number of rotatable bonds is 4. The predicted octanol–water partition coefficient (Wildman–Crippen LogP) is 2.58. The number of aromatic carboxylic acids is 1. The van der Waals surface area contributed by atoms with Gasteiger partial charge in [-0.2, -0.15) is 0 Å². The standard InChI is InChI=1S/C16H12N4O4S/c1-24-11-2-7-3-13(21)25-12(7)5-9(11)19-14-8-4-10(16(22)23)20-15(8)18-6-17-14/h2,4-6H,3H2,1H3,(H,22,23)(H2,17,18,19,20). The van der Waals surface area contributed by atoms with Gasteiger partial charge in [-0.15, -0.1) is 0 Å². The van der Waals surface area contributed by atoms with E-state index in [4.69, 9.17) is 9.84 Å². The number of nitrogens with zero attached hydrogens (tertiary/aromatic N) is 2. The number of carbonyl (C=O) groups is 2. The molecule has 9 heteroatoms. The molecular weight excluding hydrogens is 344 g/mol. The first-order valence-corrected chi connectivity index (χ1v) is 8.12. The zero-order valence-corrected chi connectivity index (χ0v) is 13.8. The molecule has 2 aromatic heterocycles. The van der Waals surface area contributed by atoms with Gasteiger partial charge in [-0.25, -0.2) is 14.8 Å². The summed E-state index contributed by atoms with van der Waals surface area (Å²) in [5.74, 6) is -0.0508. The van der Waals surface area contributed by atoms with E-state index in [0.29, 0.717) is 34.7 Å². The van der Waals surface area contributed by atoms with E-state index in [1.54, 1.807) is 7.11 Å². The fourth-order valence-corrected chi connectivity index (χ4v) is 3.61. The molecule has 8 nitrogen and oxygen atoms in total. The van der Waals surface area contributed by atoms with E-state index in [-0.39, 0.29) is 10.8 Å². The van der Waals surface area contributed by atoms with Crippen molar-refractivity contribution in [1.29, 1.82) is 0 Å². The average molecular weight is 356 g/mol. The van der Waals surface area contributed by atoms with Gasteiger partial charge >= 0.3 is 5.97 Å². The van der Waals surface area contributed by atoms with Crippen LogP contribution < -0.4 is 10.1 Å². The number of thioether (sulfide) groups is 1. The van der Waals surface area contributed by atoms with E-state index >= 15 is 0 Å². The second kappa shape index (κ2) is 5.78. The largest absolute Gasteiger partial charge is 0.495 e. The highest BCUT2D eigenvalue weighted by Gasteiger charge is 2.22. The average Bonchev–Trinajstić information content (AvgIpc) is 3.17. The second-order valence-electron chi connectivity index (χ2n) is 5.41. The van der Waals surface area contributed by atoms with Crippen molar-refractivity contribution >= 4 is 45.4 Å². The van der Waals surface area contributed by atoms with E-state index in [1.807, 2.05) is 12.1 Å². The molecular formula is C16H12N4O4S. The first kappa shape index (κ1) is 15.5. The number of carbonyl (C=O) groups excluding carboxylic acids is 1. The van der Waals surface area contributed by atoms with E-state index in [2.05, 4.69) is 20.3 Å². The van der Waals surface area contributed by atoms with E-state index in [9.17, 15) is 9.59 Å². The van der Waals surface area contributed by atoms with Crippen LogP contribution in [-0.4, -0.2) is 38.3 Å². The van der Waals surface area contributed by atoms with Crippen LogP contribution in [0.4, 0.5) is 11.5 Å². The number of anilines is 2. The molecule has 0 amide bonds. The molecule has 3 heterocycles. The number of carboxylic acid groups (broad SMARTS) is 1. The highest BCUT2D eigenvalue weighted by Crippen LogP contribution is 2.40. The Bertz CT molecular complexity index is 1030. The number of H-pyrrole nitrogens is 1. The van der Waals surface area contributed by atoms with Crippen molar-refractivity contribution in [2.45, 2.75) is 11.3 Å². The maximum Gasteiger partial charge on any atom is 0.352 e. The van der Waals surface area contributed by atoms with Gasteiger partial charge in [-0.1, -0.05) is 11.8 Å². The van der Waals surface area contributed by atoms with Gasteiger partial charge in [0.15, 0.2) is 5.12 Å². The zero-order chi connectivity index (χ0) is 17.6. The zero-order valence-electron chi connectivity index (χ0n) is 13.0. The third kappa shape index (κ3) is 2.68. The van der Waals surface area contributed by atoms with E-state index in [0.717, 1.165) is 10.5 Å². The van der Waals surface area contributed by atoms with E-state index in [1.165, 1.54) is 24.2 Å². The highest BCUT2D eigenvalue weighted by atomic mass is 32.2. The van der Waals surface area contributed by atoms with Crippen LogP contribution in [0.25, 0.3) is 11.0 Å². The Balaban J connectivity index is 1.78. The van der Waals surface area contributed by atoms with Crippen molar-refractivity contribution in [1.82, 2.24) is 15.0 Å². The molecule has 1 aliphatic rings. The van der Waals surface area contributed by atoms with Gasteiger partial charge in [0.05, 0.1) is 18.2 Å². The van der Waals surface area contributed by atoms with Crippen LogP contribution in [0, 0.1) is 0 Å². The van der Waals surface area contributed by atoms with Crippen LogP contribution in [0.2, 0.25) is 0 Å². The molecule has 0 aliphatic carbocycles. The molecule has 0 saturated carbocycles. The minimum atomic E-state index is -1.08. The Kier molecular flexibility index (Phi) is 3.57. The molecule has 0 unspecified atom stereocenters. The Hall–Kier alpha value is -3.07. The van der Waals surface area contributed by atoms with Gasteiger partial charge in [0, 0.05) is 11.3 Å². The molecule has 0 bridgehead atoms. The molecule has 0 fully saturated rings. The smallest absolute Gasteiger partial charge is 0.352 e. The van der Waals surface area contributed by atoms with Crippen LogP contribution in [0.3, 0.4) is 0 Å². The first-order chi connectivity index (χ1) is 12.0. The van der Waals surface area contributed by atoms with E-state index < -0.39 is 5.97 Å². The Morgan fingerprint density at radius 1 is 1.36 bits per heavy atom. The summed E-state index contributed by atoms with van der Waals surface area (Å²) in [5, 5.41) is 12.9. The minimum Gasteiger partial charge on any atom is -0.495 e. The lowest BCUT2D eigenvalue weighted by Crippen LogP contribution is -1.99. The lowest BCUT2D eigenvalue weighted by molar-refractivity contribution is -0.110. The quantitative estimate of drug-likeness (QED) is 0.653. The summed E-state index contributed by atoms with van der Waals surface area (Å²) in [6.45, 7) is 0. The van der Waals surface area contributed by atoms with Gasteiger partial charge in [-0.3, -0.25) is 4.79 Å². The van der Waals surface area contributed by atoms with Crippen molar-refractivity contribution in [2.24, 2.45) is 0 Å². The highest BCUT2D eigenvalue weighted by molar-refractivity contribution is 8.14. The lowest BCUT2D eigenvalue weighted by atomic mass is 10.1. The molecule has 1 aromatic carbocycles. The van der Waals surface area contributed by atoms with Gasteiger partial charge in [0.1, 0.15) is 29.2 Å². The molecule has 3 N–H and O–H groups in total. The third-order valence-corrected chi connectivity index (χ3v) is 4.82. The number of aromatic nitrogens is 3. The summed E-state index contributed by atoms with van der Waals surface area (Å²) in [5.41, 5.74) is 2.02. The summed E-state index contributed by atoms with van der Waals surface area (Å²) in [6, 6.07) is 5.13. The number of fused-ring (bicyclic) bond motifs is 2. The minimum absolute atomic E-state index is 0.0284. The number of hydrogen-bond donors (Lipinski definition) is 3. The van der Waals surface area contributed by atoms with Gasteiger partial charge in [-0.05, 0) is 23.8 Å². The lowest BCUT2D eigenvalue weighted by Gasteiger charge is -2.13. The molecule has 1 aliphatic heterocycles. The van der Waals surface area contributed by atoms with Gasteiger partial charge in [0.2, 0.25) is 0 Å². The number of carboxylic acids is 1. The SMILES string of the molecule is COc1cc2c(cc1Nc1ncnc3[nH]c(C(=O)O)cc13)SC(=O)C2. The molecule has 126 valence electrons. The molecule has 3 aromatic rings. The Morgan fingerprint density at radius 2 is 2.20 bits per heavy atom. The van der Waals surface area contributed by atoms with Crippen LogP contribution in [-0.2, 0) is 11.2 Å². The maximum absolute atomic E-state index is 11.6. The number of aromatic amines is 1. The van der Waals surface area contributed by atoms with Gasteiger partial charge < -0.3 is 20.1 Å². The van der Waals surface area contributed by atoms with Crippen molar-refractivity contribution in [3.8, 4) is 5.75 Å². The van der Waals surface area contributed by atoms with Crippen molar-refractivity contribution in [3.05, 3.63) is 35.8 Å². The van der Waals surface area contributed by atoms with Gasteiger partial charge in [0.25, 0.3) is 0 Å². The number of benzene rings is 1. The third-order valence-electron chi connectivity index (χ3n) is 3.85. The topological polar surface area (TPSA) is 117 Å². The molecule has 0 radical (unpaired) electrons. The first-order valence-electron chi connectivity index (χ1n) is 7.31.